The van der Waals surface area contributed by atoms with Crippen molar-refractivity contribution >= 4 is 17.4 Å². The molecule has 4 rings (SSSR count). The Kier molecular flexibility index (Phi) is 7.56. The molecule has 162 valence electrons. The number of para-hydroxylation sites is 1. The van der Waals surface area contributed by atoms with E-state index in [0.717, 1.165) is 49.5 Å². The summed E-state index contributed by atoms with van der Waals surface area (Å²) in [6, 6.07) is 18.8. The number of thiazole rings is 1. The number of amides is 1. The van der Waals surface area contributed by atoms with Crippen LogP contribution < -0.4 is 4.74 Å². The molecule has 1 aliphatic heterocycles. The topological polar surface area (TPSA) is 51.7 Å². The fourth-order valence-electron chi connectivity index (χ4n) is 3.89. The minimum Gasteiger partial charge on any atom is -0.493 e. The van der Waals surface area contributed by atoms with E-state index in [9.17, 15) is 4.79 Å². The number of hydrogen-bond acceptors (Lipinski definition) is 5. The van der Waals surface area contributed by atoms with Crippen LogP contribution in [-0.2, 0) is 17.8 Å². The second kappa shape index (κ2) is 11.0. The van der Waals surface area contributed by atoms with E-state index < -0.39 is 0 Å². The molecule has 0 N–H and O–H groups in total. The van der Waals surface area contributed by atoms with Crippen LogP contribution in [0.4, 0.5) is 4.79 Å². The van der Waals surface area contributed by atoms with Crippen LogP contribution in [0, 0.1) is 5.92 Å². The summed E-state index contributed by atoms with van der Waals surface area (Å²) in [5.74, 6) is 1.54. The molecule has 2 heterocycles. The Morgan fingerprint density at radius 2 is 1.84 bits per heavy atom. The van der Waals surface area contributed by atoms with E-state index in [4.69, 9.17) is 9.47 Å². The van der Waals surface area contributed by atoms with Gasteiger partial charge in [-0.25, -0.2) is 9.78 Å². The molecule has 1 fully saturated rings. The summed E-state index contributed by atoms with van der Waals surface area (Å²) in [5, 5.41) is 2.71. The molecule has 0 aliphatic carbocycles. The number of benzene rings is 2. The first-order chi connectivity index (χ1) is 15.3. The van der Waals surface area contributed by atoms with E-state index in [-0.39, 0.29) is 12.7 Å². The van der Waals surface area contributed by atoms with Gasteiger partial charge in [-0.15, -0.1) is 11.3 Å². The molecule has 2 aromatic carbocycles. The number of carbonyl (C=O) groups is 1. The van der Waals surface area contributed by atoms with Gasteiger partial charge < -0.3 is 14.4 Å². The Labute approximate surface area is 187 Å². The van der Waals surface area contributed by atoms with Crippen LogP contribution in [-0.4, -0.2) is 35.7 Å². The first-order valence-corrected chi connectivity index (χ1v) is 11.7. The first kappa shape index (κ1) is 21.4. The highest BCUT2D eigenvalue weighted by Crippen LogP contribution is 2.25. The summed E-state index contributed by atoms with van der Waals surface area (Å²) in [5.41, 5.74) is 2.50. The van der Waals surface area contributed by atoms with Crippen molar-refractivity contribution in [3.63, 3.8) is 0 Å². The van der Waals surface area contributed by atoms with Crippen LogP contribution >= 0.6 is 11.3 Å². The molecule has 0 bridgehead atoms. The Morgan fingerprint density at radius 3 is 2.61 bits per heavy atom. The van der Waals surface area contributed by atoms with Crippen LogP contribution in [0.25, 0.3) is 0 Å². The van der Waals surface area contributed by atoms with Crippen molar-refractivity contribution in [3.8, 4) is 5.75 Å². The number of aromatic nitrogens is 1. The molecule has 0 radical (unpaired) electrons. The maximum absolute atomic E-state index is 12.2. The minimum absolute atomic E-state index is 0.236. The number of carbonyl (C=O) groups excluding carboxylic acids is 1. The maximum Gasteiger partial charge on any atom is 0.410 e. The summed E-state index contributed by atoms with van der Waals surface area (Å²) in [6.45, 7) is 2.44. The van der Waals surface area contributed by atoms with Gasteiger partial charge in [0, 0.05) is 31.1 Å². The molecule has 1 amide bonds. The standard InChI is InChI=1S/C25H28N2O3S/c28-25(30-19-24-26-13-17-31-24)27-14-10-20(11-15-27)12-16-29-23-9-5-4-8-22(23)18-21-6-2-1-3-7-21/h1-9,13,17,20H,10-12,14-16,18-19H2. The van der Waals surface area contributed by atoms with E-state index in [2.05, 4.69) is 47.4 Å². The number of hydrogen-bond donors (Lipinski definition) is 0. The number of likely N-dealkylation sites (tertiary alicyclic amines) is 1. The van der Waals surface area contributed by atoms with Crippen molar-refractivity contribution in [1.82, 2.24) is 9.88 Å². The summed E-state index contributed by atoms with van der Waals surface area (Å²) in [4.78, 5) is 18.2. The molecule has 5 nitrogen and oxygen atoms in total. The summed E-state index contributed by atoms with van der Waals surface area (Å²) >= 11 is 1.50. The first-order valence-electron chi connectivity index (χ1n) is 10.8. The van der Waals surface area contributed by atoms with E-state index in [0.29, 0.717) is 12.5 Å². The average Bonchev–Trinajstić information content (AvgIpc) is 3.34. The lowest BCUT2D eigenvalue weighted by Gasteiger charge is -2.31. The smallest absolute Gasteiger partial charge is 0.410 e. The average molecular weight is 437 g/mol. The monoisotopic (exact) mass is 436 g/mol. The molecule has 1 saturated heterocycles. The number of ether oxygens (including phenoxy) is 2. The van der Waals surface area contributed by atoms with E-state index in [1.165, 1.54) is 22.5 Å². The van der Waals surface area contributed by atoms with Crippen molar-refractivity contribution in [3.05, 3.63) is 82.3 Å². The Bertz CT molecular complexity index is 938. The van der Waals surface area contributed by atoms with Gasteiger partial charge in [-0.2, -0.15) is 0 Å². The summed E-state index contributed by atoms with van der Waals surface area (Å²) < 4.78 is 11.5. The van der Waals surface area contributed by atoms with Crippen LogP contribution in [0.1, 0.15) is 35.4 Å². The van der Waals surface area contributed by atoms with Gasteiger partial charge >= 0.3 is 6.09 Å². The molecular formula is C25H28N2O3S. The van der Waals surface area contributed by atoms with Gasteiger partial charge in [0.15, 0.2) is 0 Å². The van der Waals surface area contributed by atoms with Crippen molar-refractivity contribution in [2.45, 2.75) is 32.3 Å². The predicted molar refractivity (Wildman–Crippen MR) is 122 cm³/mol. The highest BCUT2D eigenvalue weighted by molar-refractivity contribution is 7.09. The molecule has 1 aromatic heterocycles. The number of nitrogens with zero attached hydrogens (tertiary/aromatic N) is 2. The summed E-state index contributed by atoms with van der Waals surface area (Å²) in [6.07, 6.45) is 5.34. The van der Waals surface area contributed by atoms with E-state index >= 15 is 0 Å². The van der Waals surface area contributed by atoms with E-state index in [1.807, 2.05) is 17.5 Å². The molecule has 0 spiro atoms. The molecule has 0 atom stereocenters. The maximum atomic E-state index is 12.2. The molecule has 3 aromatic rings. The highest BCUT2D eigenvalue weighted by atomic mass is 32.1. The Hall–Kier alpha value is -2.86. The molecule has 6 heteroatoms. The third kappa shape index (κ3) is 6.31. The Morgan fingerprint density at radius 1 is 1.06 bits per heavy atom. The van der Waals surface area contributed by atoms with Crippen molar-refractivity contribution in [2.24, 2.45) is 5.92 Å². The zero-order valence-electron chi connectivity index (χ0n) is 17.6. The second-order valence-corrected chi connectivity index (χ2v) is 8.80. The van der Waals surface area contributed by atoms with Gasteiger partial charge in [0.2, 0.25) is 0 Å². The van der Waals surface area contributed by atoms with Crippen molar-refractivity contribution < 1.29 is 14.3 Å². The third-order valence-electron chi connectivity index (χ3n) is 5.67. The normalized spacial score (nSPS) is 14.4. The lowest BCUT2D eigenvalue weighted by molar-refractivity contribution is 0.0799. The van der Waals surface area contributed by atoms with Gasteiger partial charge in [-0.1, -0.05) is 48.5 Å². The lowest BCUT2D eigenvalue weighted by atomic mass is 9.94. The molecule has 31 heavy (non-hydrogen) atoms. The minimum atomic E-state index is -0.236. The SMILES string of the molecule is O=C(OCc1nccs1)N1CCC(CCOc2ccccc2Cc2ccccc2)CC1. The molecule has 0 saturated carbocycles. The lowest BCUT2D eigenvalue weighted by Crippen LogP contribution is -2.39. The fourth-order valence-corrected chi connectivity index (χ4v) is 4.41. The molecular weight excluding hydrogens is 408 g/mol. The quantitative estimate of drug-likeness (QED) is 0.464. The summed E-state index contributed by atoms with van der Waals surface area (Å²) in [7, 11) is 0. The van der Waals surface area contributed by atoms with Gasteiger partial charge in [0.05, 0.1) is 6.61 Å². The van der Waals surface area contributed by atoms with Crippen LogP contribution in [0.3, 0.4) is 0 Å². The van der Waals surface area contributed by atoms with Crippen molar-refractivity contribution in [1.29, 1.82) is 0 Å². The van der Waals surface area contributed by atoms with Crippen LogP contribution in [0.5, 0.6) is 5.75 Å². The zero-order chi connectivity index (χ0) is 21.3. The van der Waals surface area contributed by atoms with E-state index in [1.54, 1.807) is 11.1 Å². The molecule has 1 aliphatic rings. The Balaban J connectivity index is 1.19. The second-order valence-electron chi connectivity index (χ2n) is 7.82. The van der Waals surface area contributed by atoms with Gasteiger partial charge in [0.25, 0.3) is 0 Å². The van der Waals surface area contributed by atoms with Crippen molar-refractivity contribution in [2.75, 3.05) is 19.7 Å². The van der Waals surface area contributed by atoms with Gasteiger partial charge in [-0.3, -0.25) is 0 Å². The third-order valence-corrected chi connectivity index (χ3v) is 6.42. The van der Waals surface area contributed by atoms with Gasteiger partial charge in [0.1, 0.15) is 17.4 Å². The predicted octanol–water partition coefficient (Wildman–Crippen LogP) is 5.55. The highest BCUT2D eigenvalue weighted by Gasteiger charge is 2.24. The zero-order valence-corrected chi connectivity index (χ0v) is 18.4. The van der Waals surface area contributed by atoms with Crippen LogP contribution in [0.15, 0.2) is 66.2 Å². The molecule has 0 unspecified atom stereocenters. The largest absolute Gasteiger partial charge is 0.493 e. The van der Waals surface area contributed by atoms with Gasteiger partial charge in [-0.05, 0) is 42.4 Å². The fraction of sp³-hybridized carbons (Fsp3) is 0.360. The van der Waals surface area contributed by atoms with Crippen LogP contribution in [0.2, 0.25) is 0 Å². The number of rotatable bonds is 8. The number of piperidine rings is 1.